The number of nitrogens with zero attached hydrogens (tertiary/aromatic N) is 3. The highest BCUT2D eigenvalue weighted by Gasteiger charge is 2.22. The number of methoxy groups -OCH3 is 1. The molecule has 1 fully saturated rings. The van der Waals surface area contributed by atoms with E-state index in [9.17, 15) is 4.79 Å². The van der Waals surface area contributed by atoms with Gasteiger partial charge in [-0.1, -0.05) is 6.07 Å². The van der Waals surface area contributed by atoms with Crippen molar-refractivity contribution in [3.8, 4) is 11.1 Å². The van der Waals surface area contributed by atoms with E-state index in [1.54, 1.807) is 13.3 Å². The molecule has 1 saturated heterocycles. The summed E-state index contributed by atoms with van der Waals surface area (Å²) >= 11 is 0. The summed E-state index contributed by atoms with van der Waals surface area (Å²) in [7, 11) is 5.89. The standard InChI is InChI=1S/C25H31N3O3/c1-27(2)9-6-20-17-31-24-5-4-19(14-23(20)24)21-12-18(15-26-16-21)13-25(29)28-10-7-22(30-3)8-11-28/h4-5,12,14-17,22H,6-11,13H2,1-3H3. The molecule has 3 aromatic rings. The van der Waals surface area contributed by atoms with Crippen LogP contribution >= 0.6 is 0 Å². The third-order valence-electron chi connectivity index (χ3n) is 6.09. The number of piperidine rings is 1. The van der Waals surface area contributed by atoms with Crippen LogP contribution in [-0.4, -0.2) is 67.6 Å². The number of pyridine rings is 1. The van der Waals surface area contributed by atoms with Crippen molar-refractivity contribution in [3.63, 3.8) is 0 Å². The van der Waals surface area contributed by atoms with Gasteiger partial charge in [0.15, 0.2) is 0 Å². The van der Waals surface area contributed by atoms with E-state index in [-0.39, 0.29) is 12.0 Å². The van der Waals surface area contributed by atoms with Crippen LogP contribution in [0.15, 0.2) is 47.3 Å². The highest BCUT2D eigenvalue weighted by molar-refractivity contribution is 5.86. The Balaban J connectivity index is 1.49. The number of ether oxygens (including phenoxy) is 1. The smallest absolute Gasteiger partial charge is 0.227 e. The van der Waals surface area contributed by atoms with Gasteiger partial charge in [-0.05, 0) is 68.2 Å². The van der Waals surface area contributed by atoms with Gasteiger partial charge in [0.25, 0.3) is 0 Å². The van der Waals surface area contributed by atoms with Crippen LogP contribution in [0.3, 0.4) is 0 Å². The summed E-state index contributed by atoms with van der Waals surface area (Å²) in [5, 5.41) is 1.14. The second-order valence-electron chi connectivity index (χ2n) is 8.60. The molecule has 0 N–H and O–H groups in total. The molecule has 1 aliphatic rings. The highest BCUT2D eigenvalue weighted by Crippen LogP contribution is 2.28. The van der Waals surface area contributed by atoms with E-state index in [1.165, 1.54) is 5.56 Å². The lowest BCUT2D eigenvalue weighted by atomic mass is 10.0. The molecule has 1 aromatic carbocycles. The number of amides is 1. The fourth-order valence-corrected chi connectivity index (χ4v) is 4.17. The van der Waals surface area contributed by atoms with E-state index in [4.69, 9.17) is 9.15 Å². The Labute approximate surface area is 183 Å². The predicted octanol–water partition coefficient (Wildman–Crippen LogP) is 3.78. The van der Waals surface area contributed by atoms with Gasteiger partial charge in [0.1, 0.15) is 5.58 Å². The average molecular weight is 422 g/mol. The van der Waals surface area contributed by atoms with Crippen LogP contribution in [0.5, 0.6) is 0 Å². The van der Waals surface area contributed by atoms with E-state index >= 15 is 0 Å². The zero-order valence-electron chi connectivity index (χ0n) is 18.6. The fourth-order valence-electron chi connectivity index (χ4n) is 4.17. The van der Waals surface area contributed by atoms with E-state index < -0.39 is 0 Å². The minimum Gasteiger partial charge on any atom is -0.464 e. The molecular weight excluding hydrogens is 390 g/mol. The highest BCUT2D eigenvalue weighted by atomic mass is 16.5. The number of rotatable bonds is 7. The molecule has 0 atom stereocenters. The summed E-state index contributed by atoms with van der Waals surface area (Å²) in [5.41, 5.74) is 5.16. The number of furan rings is 1. The van der Waals surface area contributed by atoms with Crippen LogP contribution in [0.4, 0.5) is 0 Å². The summed E-state index contributed by atoms with van der Waals surface area (Å²) in [5.74, 6) is 0.157. The van der Waals surface area contributed by atoms with Gasteiger partial charge in [0.05, 0.1) is 18.8 Å². The fraction of sp³-hybridized carbons (Fsp3) is 0.440. The van der Waals surface area contributed by atoms with Crippen molar-refractivity contribution in [1.29, 1.82) is 0 Å². The first-order valence-electron chi connectivity index (χ1n) is 10.9. The van der Waals surface area contributed by atoms with Crippen LogP contribution in [0.25, 0.3) is 22.1 Å². The lowest BCUT2D eigenvalue weighted by molar-refractivity contribution is -0.132. The zero-order valence-corrected chi connectivity index (χ0v) is 18.6. The van der Waals surface area contributed by atoms with Crippen LogP contribution in [-0.2, 0) is 22.4 Å². The Bertz CT molecular complexity index is 1040. The number of carbonyl (C=O) groups excluding carboxylic acids is 1. The molecule has 0 unspecified atom stereocenters. The Morgan fingerprint density at radius 1 is 1.19 bits per heavy atom. The lowest BCUT2D eigenvalue weighted by Gasteiger charge is -2.31. The molecule has 1 aliphatic heterocycles. The number of hydrogen-bond acceptors (Lipinski definition) is 5. The van der Waals surface area contributed by atoms with Gasteiger partial charge in [-0.2, -0.15) is 0 Å². The molecule has 164 valence electrons. The summed E-state index contributed by atoms with van der Waals surface area (Å²) in [4.78, 5) is 21.3. The normalized spacial score (nSPS) is 15.2. The van der Waals surface area contributed by atoms with Gasteiger partial charge in [-0.25, -0.2) is 0 Å². The molecule has 0 radical (unpaired) electrons. The maximum absolute atomic E-state index is 12.8. The molecule has 6 heteroatoms. The van der Waals surface area contributed by atoms with E-state index in [1.807, 2.05) is 23.4 Å². The van der Waals surface area contributed by atoms with Crippen molar-refractivity contribution in [2.24, 2.45) is 0 Å². The van der Waals surface area contributed by atoms with Crippen LogP contribution in [0.2, 0.25) is 0 Å². The number of carbonyl (C=O) groups is 1. The maximum Gasteiger partial charge on any atom is 0.227 e. The first kappa shape index (κ1) is 21.5. The largest absolute Gasteiger partial charge is 0.464 e. The van der Waals surface area contributed by atoms with Crippen molar-refractivity contribution < 1.29 is 13.9 Å². The molecule has 0 saturated carbocycles. The summed E-state index contributed by atoms with van der Waals surface area (Å²) in [6.45, 7) is 2.49. The molecular formula is C25H31N3O3. The molecule has 4 rings (SSSR count). The second kappa shape index (κ2) is 9.62. The van der Waals surface area contributed by atoms with Gasteiger partial charge >= 0.3 is 0 Å². The van der Waals surface area contributed by atoms with Gasteiger partial charge < -0.3 is 19.0 Å². The Kier molecular flexibility index (Phi) is 6.68. The van der Waals surface area contributed by atoms with Gasteiger partial charge in [0.2, 0.25) is 5.91 Å². The van der Waals surface area contributed by atoms with Gasteiger partial charge in [-0.3, -0.25) is 9.78 Å². The third kappa shape index (κ3) is 5.14. The second-order valence-corrected chi connectivity index (χ2v) is 8.60. The number of benzene rings is 1. The van der Waals surface area contributed by atoms with Gasteiger partial charge in [-0.15, -0.1) is 0 Å². The predicted molar refractivity (Wildman–Crippen MR) is 122 cm³/mol. The molecule has 0 aliphatic carbocycles. The number of aromatic nitrogens is 1. The Morgan fingerprint density at radius 2 is 2.00 bits per heavy atom. The Morgan fingerprint density at radius 3 is 2.74 bits per heavy atom. The number of hydrogen-bond donors (Lipinski definition) is 0. The first-order valence-corrected chi connectivity index (χ1v) is 10.9. The number of likely N-dealkylation sites (N-methyl/N-ethyl adjacent to an activating group) is 1. The third-order valence-corrected chi connectivity index (χ3v) is 6.09. The van der Waals surface area contributed by atoms with Crippen molar-refractivity contribution in [1.82, 2.24) is 14.8 Å². The molecule has 3 heterocycles. The summed E-state index contributed by atoms with van der Waals surface area (Å²) < 4.78 is 11.1. The minimum atomic E-state index is 0.157. The molecule has 31 heavy (non-hydrogen) atoms. The van der Waals surface area contributed by atoms with Crippen LogP contribution in [0, 0.1) is 0 Å². The molecule has 1 amide bonds. The van der Waals surface area contributed by atoms with E-state index in [0.29, 0.717) is 6.42 Å². The quantitative estimate of drug-likeness (QED) is 0.581. The van der Waals surface area contributed by atoms with Crippen molar-refractivity contribution >= 4 is 16.9 Å². The molecule has 6 nitrogen and oxygen atoms in total. The number of likely N-dealkylation sites (tertiary alicyclic amines) is 1. The molecule has 0 spiro atoms. The first-order chi connectivity index (χ1) is 15.0. The Hall–Kier alpha value is -2.70. The molecule has 2 aromatic heterocycles. The summed E-state index contributed by atoms with van der Waals surface area (Å²) in [6, 6.07) is 8.32. The minimum absolute atomic E-state index is 0.157. The summed E-state index contributed by atoms with van der Waals surface area (Å²) in [6.07, 6.45) is 8.91. The lowest BCUT2D eigenvalue weighted by Crippen LogP contribution is -2.41. The van der Waals surface area contributed by atoms with Crippen molar-refractivity contribution in [2.75, 3.05) is 40.8 Å². The van der Waals surface area contributed by atoms with Crippen LogP contribution in [0.1, 0.15) is 24.0 Å². The van der Waals surface area contributed by atoms with Gasteiger partial charge in [0, 0.05) is 50.1 Å². The molecule has 0 bridgehead atoms. The average Bonchev–Trinajstić information content (AvgIpc) is 3.20. The maximum atomic E-state index is 12.8. The monoisotopic (exact) mass is 421 g/mol. The SMILES string of the molecule is COC1CCN(C(=O)Cc2cncc(-c3ccc4occ(CCN(C)C)c4c3)c2)CC1. The van der Waals surface area contributed by atoms with Crippen molar-refractivity contribution in [3.05, 3.63) is 54.0 Å². The number of fused-ring (bicyclic) bond motifs is 1. The topological polar surface area (TPSA) is 58.8 Å². The zero-order chi connectivity index (χ0) is 21.8. The van der Waals surface area contributed by atoms with Crippen LogP contribution < -0.4 is 0 Å². The van der Waals surface area contributed by atoms with E-state index in [2.05, 4.69) is 42.2 Å². The van der Waals surface area contributed by atoms with E-state index in [0.717, 1.165) is 66.6 Å². The van der Waals surface area contributed by atoms with Crippen molar-refractivity contribution in [2.45, 2.75) is 31.8 Å².